The lowest BCUT2D eigenvalue weighted by Gasteiger charge is -2.17. The predicted octanol–water partition coefficient (Wildman–Crippen LogP) is 3.48. The number of ether oxygens (including phenoxy) is 1. The number of aryl methyl sites for hydroxylation is 1. The molecular formula is C16H19NO2S. The fourth-order valence-corrected chi connectivity index (χ4v) is 2.99. The fourth-order valence-electron chi connectivity index (χ4n) is 2.03. The Balaban J connectivity index is 2.10. The molecule has 0 unspecified atom stereocenters. The molecule has 0 fully saturated rings. The zero-order valence-electron chi connectivity index (χ0n) is 12.1. The molecule has 2 rings (SSSR count). The van der Waals surface area contributed by atoms with Crippen molar-refractivity contribution in [3.05, 3.63) is 57.3 Å². The maximum absolute atomic E-state index is 12.4. The monoisotopic (exact) mass is 289 g/mol. The zero-order valence-corrected chi connectivity index (χ0v) is 12.9. The number of carbonyl (C=O) groups excluding carboxylic acids is 1. The van der Waals surface area contributed by atoms with Crippen LogP contribution >= 0.6 is 11.3 Å². The minimum absolute atomic E-state index is 0.0377. The van der Waals surface area contributed by atoms with Gasteiger partial charge in [-0.25, -0.2) is 0 Å². The maximum atomic E-state index is 12.4. The van der Waals surface area contributed by atoms with Gasteiger partial charge in [-0.15, -0.1) is 11.3 Å². The number of hydrogen-bond donors (Lipinski definition) is 0. The van der Waals surface area contributed by atoms with Gasteiger partial charge in [0.05, 0.1) is 13.2 Å². The molecule has 2 aromatic rings. The van der Waals surface area contributed by atoms with Crippen molar-refractivity contribution in [2.75, 3.05) is 14.2 Å². The summed E-state index contributed by atoms with van der Waals surface area (Å²) in [5.74, 6) is 0.0377. The van der Waals surface area contributed by atoms with Gasteiger partial charge in [-0.2, -0.15) is 0 Å². The number of amides is 1. The molecule has 0 aliphatic rings. The highest BCUT2D eigenvalue weighted by Gasteiger charge is 2.13. The van der Waals surface area contributed by atoms with E-state index in [2.05, 4.69) is 18.4 Å². The van der Waals surface area contributed by atoms with Crippen molar-refractivity contribution in [3.63, 3.8) is 0 Å². The molecular weight excluding hydrogens is 270 g/mol. The first kappa shape index (κ1) is 14.8. The average Bonchev–Trinajstić information content (AvgIpc) is 2.84. The van der Waals surface area contributed by atoms with E-state index in [-0.39, 0.29) is 5.91 Å². The van der Waals surface area contributed by atoms with Crippen LogP contribution in [0, 0.1) is 6.92 Å². The first-order valence-corrected chi connectivity index (χ1v) is 7.36. The Morgan fingerprint density at radius 3 is 2.80 bits per heavy atom. The number of methoxy groups -OCH3 is 1. The molecule has 1 heterocycles. The van der Waals surface area contributed by atoms with Gasteiger partial charge in [-0.05, 0) is 41.6 Å². The van der Waals surface area contributed by atoms with Crippen molar-refractivity contribution in [1.82, 2.24) is 4.90 Å². The number of nitrogens with zero attached hydrogens (tertiary/aromatic N) is 1. The lowest BCUT2D eigenvalue weighted by molar-refractivity contribution is 0.0786. The van der Waals surface area contributed by atoms with Crippen LogP contribution in [0.4, 0.5) is 0 Å². The largest absolute Gasteiger partial charge is 0.380 e. The van der Waals surface area contributed by atoms with Crippen LogP contribution < -0.4 is 0 Å². The molecule has 0 saturated heterocycles. The summed E-state index contributed by atoms with van der Waals surface area (Å²) < 4.78 is 5.10. The Morgan fingerprint density at radius 1 is 1.35 bits per heavy atom. The van der Waals surface area contributed by atoms with Gasteiger partial charge >= 0.3 is 0 Å². The summed E-state index contributed by atoms with van der Waals surface area (Å²) in [4.78, 5) is 15.4. The summed E-state index contributed by atoms with van der Waals surface area (Å²) in [7, 11) is 3.49. The molecule has 106 valence electrons. The van der Waals surface area contributed by atoms with Crippen LogP contribution in [0.1, 0.15) is 26.4 Å². The van der Waals surface area contributed by atoms with E-state index in [1.165, 1.54) is 10.4 Å². The minimum atomic E-state index is 0.0377. The Labute approximate surface area is 123 Å². The number of carbonyl (C=O) groups is 1. The molecule has 20 heavy (non-hydrogen) atoms. The van der Waals surface area contributed by atoms with Crippen molar-refractivity contribution in [2.45, 2.75) is 20.1 Å². The topological polar surface area (TPSA) is 29.5 Å². The van der Waals surface area contributed by atoms with Crippen molar-refractivity contribution >= 4 is 17.2 Å². The average molecular weight is 289 g/mol. The van der Waals surface area contributed by atoms with Crippen LogP contribution in [0.25, 0.3) is 0 Å². The summed E-state index contributed by atoms with van der Waals surface area (Å²) in [6.07, 6.45) is 0. The second-order valence-corrected chi connectivity index (χ2v) is 5.82. The predicted molar refractivity (Wildman–Crippen MR) is 82.0 cm³/mol. The van der Waals surface area contributed by atoms with Crippen molar-refractivity contribution in [1.29, 1.82) is 0 Å². The van der Waals surface area contributed by atoms with Crippen LogP contribution in [0.15, 0.2) is 35.7 Å². The molecule has 0 aliphatic heterocycles. The summed E-state index contributed by atoms with van der Waals surface area (Å²) in [6, 6.07) is 9.68. The van der Waals surface area contributed by atoms with Gasteiger partial charge in [-0.1, -0.05) is 12.1 Å². The Morgan fingerprint density at radius 2 is 2.15 bits per heavy atom. The van der Waals surface area contributed by atoms with Gasteiger partial charge in [0.25, 0.3) is 5.91 Å². The first-order valence-electron chi connectivity index (χ1n) is 6.48. The van der Waals surface area contributed by atoms with Crippen molar-refractivity contribution < 1.29 is 9.53 Å². The van der Waals surface area contributed by atoms with E-state index in [1.54, 1.807) is 23.3 Å². The number of benzene rings is 1. The molecule has 3 nitrogen and oxygen atoms in total. The van der Waals surface area contributed by atoms with Crippen LogP contribution in [-0.4, -0.2) is 25.0 Å². The first-order chi connectivity index (χ1) is 9.61. The number of rotatable bonds is 5. The molecule has 0 bridgehead atoms. The van der Waals surface area contributed by atoms with Gasteiger partial charge < -0.3 is 9.64 Å². The van der Waals surface area contributed by atoms with E-state index in [9.17, 15) is 4.79 Å². The van der Waals surface area contributed by atoms with Crippen molar-refractivity contribution in [3.8, 4) is 0 Å². The van der Waals surface area contributed by atoms with Crippen molar-refractivity contribution in [2.24, 2.45) is 0 Å². The lowest BCUT2D eigenvalue weighted by Crippen LogP contribution is -2.26. The highest BCUT2D eigenvalue weighted by atomic mass is 32.1. The SMILES string of the molecule is COCc1cccc(C(=O)N(C)Cc2sccc2C)c1. The smallest absolute Gasteiger partial charge is 0.253 e. The third-order valence-electron chi connectivity index (χ3n) is 3.18. The highest BCUT2D eigenvalue weighted by Crippen LogP contribution is 2.18. The van der Waals surface area contributed by atoms with E-state index < -0.39 is 0 Å². The highest BCUT2D eigenvalue weighted by molar-refractivity contribution is 7.10. The molecule has 1 aromatic carbocycles. The lowest BCUT2D eigenvalue weighted by atomic mass is 10.1. The third-order valence-corrected chi connectivity index (χ3v) is 4.19. The normalized spacial score (nSPS) is 10.6. The fraction of sp³-hybridized carbons (Fsp3) is 0.312. The molecule has 4 heteroatoms. The number of hydrogen-bond acceptors (Lipinski definition) is 3. The molecule has 0 spiro atoms. The summed E-state index contributed by atoms with van der Waals surface area (Å²) >= 11 is 1.69. The summed E-state index contributed by atoms with van der Waals surface area (Å²) in [5.41, 5.74) is 2.96. The standard InChI is InChI=1S/C16H19NO2S/c1-12-7-8-20-15(12)10-17(2)16(18)14-6-4-5-13(9-14)11-19-3/h4-9H,10-11H2,1-3H3. The van der Waals surface area contributed by atoms with Gasteiger partial charge in [0, 0.05) is 24.6 Å². The van der Waals surface area contributed by atoms with Gasteiger partial charge in [0.1, 0.15) is 0 Å². The number of thiophene rings is 1. The van der Waals surface area contributed by atoms with E-state index in [1.807, 2.05) is 31.3 Å². The van der Waals surface area contributed by atoms with Crippen LogP contribution in [0.5, 0.6) is 0 Å². The summed E-state index contributed by atoms with van der Waals surface area (Å²) in [6.45, 7) is 3.25. The van der Waals surface area contributed by atoms with Gasteiger partial charge in [-0.3, -0.25) is 4.79 Å². The molecule has 0 atom stereocenters. The molecule has 1 amide bonds. The van der Waals surface area contributed by atoms with Gasteiger partial charge in [0.15, 0.2) is 0 Å². The van der Waals surface area contributed by atoms with E-state index >= 15 is 0 Å². The minimum Gasteiger partial charge on any atom is -0.380 e. The Kier molecular flexibility index (Phi) is 4.93. The Bertz CT molecular complexity index is 592. The van der Waals surface area contributed by atoms with Crippen LogP contribution in [0.3, 0.4) is 0 Å². The second kappa shape index (κ2) is 6.68. The van der Waals surface area contributed by atoms with Gasteiger partial charge in [0.2, 0.25) is 0 Å². The zero-order chi connectivity index (χ0) is 14.5. The third kappa shape index (κ3) is 3.46. The summed E-state index contributed by atoms with van der Waals surface area (Å²) in [5, 5.41) is 2.06. The van der Waals surface area contributed by atoms with Crippen LogP contribution in [0.2, 0.25) is 0 Å². The molecule has 0 N–H and O–H groups in total. The Hall–Kier alpha value is -1.65. The molecule has 0 aliphatic carbocycles. The van der Waals surface area contributed by atoms with Crippen LogP contribution in [-0.2, 0) is 17.9 Å². The molecule has 1 aromatic heterocycles. The molecule has 0 radical (unpaired) electrons. The van der Waals surface area contributed by atoms with E-state index in [0.717, 1.165) is 5.56 Å². The quantitative estimate of drug-likeness (QED) is 0.843. The van der Waals surface area contributed by atoms with E-state index in [4.69, 9.17) is 4.74 Å². The molecule has 0 saturated carbocycles. The van der Waals surface area contributed by atoms with E-state index in [0.29, 0.717) is 18.7 Å². The second-order valence-electron chi connectivity index (χ2n) is 4.82. The maximum Gasteiger partial charge on any atom is 0.253 e.